The van der Waals surface area contributed by atoms with E-state index >= 15 is 0 Å². The molecule has 3 rings (SSSR count). The molecule has 6 heteroatoms. The predicted molar refractivity (Wildman–Crippen MR) is 115 cm³/mol. The molecule has 0 fully saturated rings. The highest BCUT2D eigenvalue weighted by Gasteiger charge is 2.15. The molecule has 1 N–H and O–H groups in total. The quantitative estimate of drug-likeness (QED) is 0.590. The number of nitrogens with zero attached hydrogens (tertiary/aromatic N) is 2. The van der Waals surface area contributed by atoms with Crippen LogP contribution in [-0.2, 0) is 6.61 Å². The lowest BCUT2D eigenvalue weighted by atomic mass is 10.1. The van der Waals surface area contributed by atoms with Crippen molar-refractivity contribution in [2.24, 2.45) is 0 Å². The minimum absolute atomic E-state index is 0.124. The summed E-state index contributed by atoms with van der Waals surface area (Å²) in [6.07, 6.45) is 0. The van der Waals surface area contributed by atoms with Crippen molar-refractivity contribution in [3.8, 4) is 5.75 Å². The van der Waals surface area contributed by atoms with Crippen LogP contribution < -0.4 is 10.1 Å². The van der Waals surface area contributed by atoms with Gasteiger partial charge in [-0.1, -0.05) is 17.7 Å². The number of carbonyl (C=O) groups is 1. The molecule has 0 spiro atoms. The minimum atomic E-state index is -0.124. The zero-order valence-electron chi connectivity index (χ0n) is 17.3. The first kappa shape index (κ1) is 20.1. The monoisotopic (exact) mass is 397 g/mol. The van der Waals surface area contributed by atoms with Crippen LogP contribution in [0, 0.1) is 27.7 Å². The van der Waals surface area contributed by atoms with Crippen molar-refractivity contribution < 1.29 is 9.53 Å². The molecule has 0 saturated carbocycles. The number of amides is 1. The van der Waals surface area contributed by atoms with Gasteiger partial charge in [-0.2, -0.15) is 5.10 Å². The van der Waals surface area contributed by atoms with Crippen LogP contribution >= 0.6 is 11.3 Å². The SMILES string of the molecule is Cc1cc(C)c(OCc2csc(C(=O)Nc3cc(C)nn3C(C)C)c2)c(C)c1. The maximum Gasteiger partial charge on any atom is 0.266 e. The molecular formula is C22H27N3O2S. The first-order valence-corrected chi connectivity index (χ1v) is 10.3. The summed E-state index contributed by atoms with van der Waals surface area (Å²) in [4.78, 5) is 13.3. The standard InChI is InChI=1S/C22H27N3O2S/c1-13(2)25-20(9-17(6)24-25)23-22(26)19-10-18(12-28-19)11-27-21-15(4)7-14(3)8-16(21)5/h7-10,12-13H,11H2,1-6H3,(H,23,26). The first-order chi connectivity index (χ1) is 13.2. The van der Waals surface area contributed by atoms with E-state index in [1.54, 1.807) is 0 Å². The number of ether oxygens (including phenoxy) is 1. The second-order valence-electron chi connectivity index (χ2n) is 7.50. The third-order valence-corrected chi connectivity index (χ3v) is 5.43. The zero-order chi connectivity index (χ0) is 20.4. The smallest absolute Gasteiger partial charge is 0.266 e. The van der Waals surface area contributed by atoms with E-state index < -0.39 is 0 Å². The van der Waals surface area contributed by atoms with Crippen molar-refractivity contribution in [2.75, 3.05) is 5.32 Å². The Hall–Kier alpha value is -2.60. The van der Waals surface area contributed by atoms with E-state index in [0.29, 0.717) is 11.5 Å². The molecule has 28 heavy (non-hydrogen) atoms. The topological polar surface area (TPSA) is 56.1 Å². The Morgan fingerprint density at radius 3 is 2.46 bits per heavy atom. The zero-order valence-corrected chi connectivity index (χ0v) is 18.1. The van der Waals surface area contributed by atoms with Gasteiger partial charge in [-0.15, -0.1) is 11.3 Å². The Labute approximate surface area is 170 Å². The predicted octanol–water partition coefficient (Wildman–Crippen LogP) is 5.59. The Bertz CT molecular complexity index is 978. The average molecular weight is 398 g/mol. The number of benzene rings is 1. The number of hydrogen-bond acceptors (Lipinski definition) is 4. The molecular weight excluding hydrogens is 370 g/mol. The summed E-state index contributed by atoms with van der Waals surface area (Å²) >= 11 is 1.42. The van der Waals surface area contributed by atoms with Crippen LogP contribution in [0.15, 0.2) is 29.6 Å². The summed E-state index contributed by atoms with van der Waals surface area (Å²) in [5.74, 6) is 1.51. The number of nitrogens with one attached hydrogen (secondary N) is 1. The number of hydrogen-bond donors (Lipinski definition) is 1. The van der Waals surface area contributed by atoms with Crippen LogP contribution in [0.5, 0.6) is 5.75 Å². The number of anilines is 1. The molecule has 1 aromatic carbocycles. The molecule has 0 aliphatic rings. The fourth-order valence-electron chi connectivity index (χ4n) is 3.30. The van der Waals surface area contributed by atoms with Gasteiger partial charge in [0.1, 0.15) is 18.2 Å². The molecule has 148 valence electrons. The normalized spacial score (nSPS) is 11.1. The number of carbonyl (C=O) groups excluding carboxylic acids is 1. The van der Waals surface area contributed by atoms with Crippen LogP contribution in [0.3, 0.4) is 0 Å². The molecule has 2 aromatic heterocycles. The molecule has 0 aliphatic heterocycles. The van der Waals surface area contributed by atoms with Gasteiger partial charge in [0.15, 0.2) is 0 Å². The Kier molecular flexibility index (Phi) is 5.89. The molecule has 5 nitrogen and oxygen atoms in total. The Balaban J connectivity index is 1.68. The van der Waals surface area contributed by atoms with Crippen LogP contribution in [0.1, 0.15) is 57.5 Å². The minimum Gasteiger partial charge on any atom is -0.488 e. The lowest BCUT2D eigenvalue weighted by Gasteiger charge is -2.12. The van der Waals surface area contributed by atoms with Crippen molar-refractivity contribution in [2.45, 2.75) is 54.2 Å². The summed E-state index contributed by atoms with van der Waals surface area (Å²) in [5.41, 5.74) is 5.36. The van der Waals surface area contributed by atoms with E-state index in [0.717, 1.165) is 34.0 Å². The third kappa shape index (κ3) is 4.44. The van der Waals surface area contributed by atoms with Crippen molar-refractivity contribution in [3.05, 3.63) is 62.5 Å². The van der Waals surface area contributed by atoms with E-state index in [9.17, 15) is 4.79 Å². The number of aromatic nitrogens is 2. The van der Waals surface area contributed by atoms with Gasteiger partial charge in [-0.3, -0.25) is 4.79 Å². The van der Waals surface area contributed by atoms with Crippen molar-refractivity contribution in [3.63, 3.8) is 0 Å². The van der Waals surface area contributed by atoms with E-state index in [2.05, 4.69) is 43.3 Å². The van der Waals surface area contributed by atoms with E-state index in [1.165, 1.54) is 16.9 Å². The van der Waals surface area contributed by atoms with Crippen LogP contribution in [-0.4, -0.2) is 15.7 Å². The molecule has 2 heterocycles. The first-order valence-electron chi connectivity index (χ1n) is 9.40. The highest BCUT2D eigenvalue weighted by Crippen LogP contribution is 2.26. The van der Waals surface area contributed by atoms with Crippen molar-refractivity contribution >= 4 is 23.1 Å². The molecule has 1 amide bonds. The molecule has 0 radical (unpaired) electrons. The van der Waals surface area contributed by atoms with Gasteiger partial charge in [0.25, 0.3) is 5.91 Å². The maximum absolute atomic E-state index is 12.6. The van der Waals surface area contributed by atoms with Gasteiger partial charge in [-0.25, -0.2) is 4.68 Å². The van der Waals surface area contributed by atoms with Gasteiger partial charge in [0.05, 0.1) is 10.6 Å². The van der Waals surface area contributed by atoms with Crippen LogP contribution in [0.4, 0.5) is 5.82 Å². The number of rotatable bonds is 6. The van der Waals surface area contributed by atoms with Gasteiger partial charge in [0, 0.05) is 17.7 Å². The summed E-state index contributed by atoms with van der Waals surface area (Å²) in [5, 5.41) is 9.38. The molecule has 0 saturated heterocycles. The molecule has 0 aliphatic carbocycles. The van der Waals surface area contributed by atoms with Crippen molar-refractivity contribution in [1.82, 2.24) is 9.78 Å². The van der Waals surface area contributed by atoms with Gasteiger partial charge < -0.3 is 10.1 Å². The molecule has 0 atom stereocenters. The Morgan fingerprint density at radius 1 is 1.14 bits per heavy atom. The summed E-state index contributed by atoms with van der Waals surface area (Å²) in [6.45, 7) is 12.6. The van der Waals surface area contributed by atoms with Gasteiger partial charge in [0.2, 0.25) is 0 Å². The van der Waals surface area contributed by atoms with Crippen LogP contribution in [0.2, 0.25) is 0 Å². The van der Waals surface area contributed by atoms with E-state index in [-0.39, 0.29) is 11.9 Å². The lowest BCUT2D eigenvalue weighted by molar-refractivity contribution is 0.102. The summed E-state index contributed by atoms with van der Waals surface area (Å²) < 4.78 is 7.86. The summed E-state index contributed by atoms with van der Waals surface area (Å²) in [6, 6.07) is 8.20. The Morgan fingerprint density at radius 2 is 1.82 bits per heavy atom. The average Bonchev–Trinajstić information content (AvgIpc) is 3.20. The maximum atomic E-state index is 12.6. The summed E-state index contributed by atoms with van der Waals surface area (Å²) in [7, 11) is 0. The second kappa shape index (κ2) is 8.19. The van der Waals surface area contributed by atoms with E-state index in [4.69, 9.17) is 4.74 Å². The van der Waals surface area contributed by atoms with Crippen LogP contribution in [0.25, 0.3) is 0 Å². The number of aryl methyl sites for hydroxylation is 4. The third-order valence-electron chi connectivity index (χ3n) is 4.45. The fraction of sp³-hybridized carbons (Fsp3) is 0.364. The molecule has 0 unspecified atom stereocenters. The largest absolute Gasteiger partial charge is 0.488 e. The fourth-order valence-corrected chi connectivity index (χ4v) is 4.09. The van der Waals surface area contributed by atoms with Gasteiger partial charge in [-0.05, 0) is 64.1 Å². The second-order valence-corrected chi connectivity index (χ2v) is 8.41. The number of thiophene rings is 1. The van der Waals surface area contributed by atoms with Crippen molar-refractivity contribution in [1.29, 1.82) is 0 Å². The van der Waals surface area contributed by atoms with E-state index in [1.807, 2.05) is 43.0 Å². The molecule has 3 aromatic rings. The lowest BCUT2D eigenvalue weighted by Crippen LogP contribution is -2.15. The molecule has 0 bridgehead atoms. The highest BCUT2D eigenvalue weighted by atomic mass is 32.1. The highest BCUT2D eigenvalue weighted by molar-refractivity contribution is 7.12. The van der Waals surface area contributed by atoms with Gasteiger partial charge >= 0.3 is 0 Å².